The third-order valence-electron chi connectivity index (χ3n) is 3.85. The number of thiazole rings is 1. The lowest BCUT2D eigenvalue weighted by Gasteiger charge is -2.10. The van der Waals surface area contributed by atoms with Crippen molar-refractivity contribution in [2.24, 2.45) is 0 Å². The van der Waals surface area contributed by atoms with E-state index in [0.29, 0.717) is 23.6 Å². The third-order valence-corrected chi connectivity index (χ3v) is 5.72. The summed E-state index contributed by atoms with van der Waals surface area (Å²) in [4.78, 5) is 30.8. The van der Waals surface area contributed by atoms with Gasteiger partial charge in [0, 0.05) is 35.6 Å². The van der Waals surface area contributed by atoms with Gasteiger partial charge in [-0.3, -0.25) is 9.59 Å². The van der Waals surface area contributed by atoms with Crippen LogP contribution < -0.4 is 10.1 Å². The van der Waals surface area contributed by atoms with Gasteiger partial charge in [0.2, 0.25) is 0 Å². The van der Waals surface area contributed by atoms with Gasteiger partial charge in [0.05, 0.1) is 10.7 Å². The minimum absolute atomic E-state index is 0.0472. The average molecular weight is 428 g/mol. The maximum atomic E-state index is 12.4. The molecule has 6 nitrogen and oxygen atoms in total. The number of amides is 2. The summed E-state index contributed by atoms with van der Waals surface area (Å²) < 4.78 is 5.70. The van der Waals surface area contributed by atoms with Crippen LogP contribution in [0.1, 0.15) is 21.1 Å². The minimum atomic E-state index is -0.212. The second kappa shape index (κ2) is 9.58. The zero-order valence-electron chi connectivity index (χ0n) is 16.3. The molecule has 0 fully saturated rings. The summed E-state index contributed by atoms with van der Waals surface area (Å²) in [5, 5.41) is 5.78. The Labute approximate surface area is 177 Å². The fraction of sp³-hybridized carbons (Fsp3) is 0.190. The van der Waals surface area contributed by atoms with Gasteiger partial charge in [-0.1, -0.05) is 0 Å². The van der Waals surface area contributed by atoms with Crippen molar-refractivity contribution in [1.82, 2.24) is 9.88 Å². The lowest BCUT2D eigenvalue weighted by molar-refractivity contribution is 0.102. The highest BCUT2D eigenvalue weighted by Gasteiger charge is 2.09. The van der Waals surface area contributed by atoms with Gasteiger partial charge in [-0.2, -0.15) is 0 Å². The Morgan fingerprint density at radius 2 is 1.79 bits per heavy atom. The van der Waals surface area contributed by atoms with Gasteiger partial charge in [0.25, 0.3) is 11.1 Å². The molecule has 3 rings (SSSR count). The number of anilines is 1. The molecule has 0 unspecified atom stereocenters. The van der Waals surface area contributed by atoms with E-state index in [1.807, 2.05) is 12.3 Å². The number of carbonyl (C=O) groups excluding carboxylic acids is 2. The first-order chi connectivity index (χ1) is 13.9. The number of hydrogen-bond donors (Lipinski definition) is 1. The average Bonchev–Trinajstić information content (AvgIpc) is 3.13. The van der Waals surface area contributed by atoms with Crippen molar-refractivity contribution in [2.45, 2.75) is 18.4 Å². The summed E-state index contributed by atoms with van der Waals surface area (Å²) in [6.07, 6.45) is 0. The van der Waals surface area contributed by atoms with Crippen LogP contribution in [0, 0.1) is 6.92 Å². The molecule has 3 aromatic rings. The minimum Gasteiger partial charge on any atom is -0.487 e. The van der Waals surface area contributed by atoms with Crippen molar-refractivity contribution in [3.8, 4) is 5.75 Å². The van der Waals surface area contributed by atoms with E-state index in [4.69, 9.17) is 4.74 Å². The first-order valence-electron chi connectivity index (χ1n) is 8.85. The van der Waals surface area contributed by atoms with Gasteiger partial charge in [0.15, 0.2) is 0 Å². The molecule has 0 atom stereocenters. The van der Waals surface area contributed by atoms with Crippen LogP contribution in [0.15, 0.2) is 58.8 Å². The Hall–Kier alpha value is -2.84. The monoisotopic (exact) mass is 427 g/mol. The summed E-state index contributed by atoms with van der Waals surface area (Å²) in [6.45, 7) is 2.36. The van der Waals surface area contributed by atoms with Crippen molar-refractivity contribution in [3.05, 3.63) is 70.2 Å². The van der Waals surface area contributed by atoms with Crippen molar-refractivity contribution < 1.29 is 14.3 Å². The maximum Gasteiger partial charge on any atom is 0.285 e. The molecule has 150 valence electrons. The third kappa shape index (κ3) is 6.07. The fourth-order valence-corrected chi connectivity index (χ4v) is 3.59. The molecule has 8 heteroatoms. The van der Waals surface area contributed by atoms with E-state index in [1.165, 1.54) is 4.90 Å². The second-order valence-corrected chi connectivity index (χ2v) is 8.50. The van der Waals surface area contributed by atoms with Crippen LogP contribution in [0.2, 0.25) is 0 Å². The van der Waals surface area contributed by atoms with E-state index in [1.54, 1.807) is 74.0 Å². The normalized spacial score (nSPS) is 10.4. The number of nitrogens with zero attached hydrogens (tertiary/aromatic N) is 2. The summed E-state index contributed by atoms with van der Waals surface area (Å²) in [7, 11) is 3.42. The van der Waals surface area contributed by atoms with Gasteiger partial charge in [0.1, 0.15) is 12.4 Å². The van der Waals surface area contributed by atoms with Crippen LogP contribution in [0.3, 0.4) is 0 Å². The highest BCUT2D eigenvalue weighted by atomic mass is 32.2. The molecule has 29 heavy (non-hydrogen) atoms. The number of rotatable bonds is 6. The molecule has 1 N–H and O–H groups in total. The van der Waals surface area contributed by atoms with Gasteiger partial charge in [-0.05, 0) is 67.2 Å². The molecule has 0 bridgehead atoms. The first-order valence-corrected chi connectivity index (χ1v) is 10.5. The Balaban J connectivity index is 1.54. The quantitative estimate of drug-likeness (QED) is 0.557. The van der Waals surface area contributed by atoms with E-state index < -0.39 is 0 Å². The van der Waals surface area contributed by atoms with Crippen molar-refractivity contribution >= 4 is 39.9 Å². The molecular formula is C21H21N3O3S2. The standard InChI is InChI=1S/C21H21N3O3S2/c1-14-22-17(13-28-14)12-27-18-8-4-15(5-9-18)20(25)23-16-6-10-19(11-7-16)29-21(26)24(2)3/h4-11,13H,12H2,1-3H3,(H,23,25). The molecule has 0 aliphatic heterocycles. The van der Waals surface area contributed by atoms with E-state index in [9.17, 15) is 9.59 Å². The van der Waals surface area contributed by atoms with Crippen molar-refractivity contribution in [3.63, 3.8) is 0 Å². The molecule has 2 aromatic carbocycles. The zero-order chi connectivity index (χ0) is 20.8. The molecule has 0 spiro atoms. The highest BCUT2D eigenvalue weighted by Crippen LogP contribution is 2.23. The Bertz CT molecular complexity index is 983. The van der Waals surface area contributed by atoms with Crippen molar-refractivity contribution in [1.29, 1.82) is 0 Å². The Morgan fingerprint density at radius 1 is 1.10 bits per heavy atom. The van der Waals surface area contributed by atoms with Crippen LogP contribution in [0.5, 0.6) is 5.75 Å². The molecule has 0 radical (unpaired) electrons. The van der Waals surface area contributed by atoms with Gasteiger partial charge < -0.3 is 15.0 Å². The number of nitrogens with one attached hydrogen (secondary N) is 1. The molecule has 1 aromatic heterocycles. The molecule has 0 aliphatic rings. The van der Waals surface area contributed by atoms with Gasteiger partial charge in [-0.25, -0.2) is 4.98 Å². The molecule has 2 amide bonds. The van der Waals surface area contributed by atoms with Gasteiger partial charge in [-0.15, -0.1) is 11.3 Å². The molecular weight excluding hydrogens is 406 g/mol. The first kappa shape index (κ1) is 20.9. The Morgan fingerprint density at radius 3 is 2.38 bits per heavy atom. The number of aromatic nitrogens is 1. The number of ether oxygens (including phenoxy) is 1. The highest BCUT2D eigenvalue weighted by molar-refractivity contribution is 8.13. The van der Waals surface area contributed by atoms with Crippen molar-refractivity contribution in [2.75, 3.05) is 19.4 Å². The smallest absolute Gasteiger partial charge is 0.285 e. The van der Waals surface area contributed by atoms with Crippen LogP contribution >= 0.6 is 23.1 Å². The fourth-order valence-electron chi connectivity index (χ4n) is 2.34. The number of benzene rings is 2. The summed E-state index contributed by atoms with van der Waals surface area (Å²) >= 11 is 2.73. The number of thioether (sulfide) groups is 1. The molecule has 0 saturated carbocycles. The van der Waals surface area contributed by atoms with Crippen LogP contribution in [0.4, 0.5) is 10.5 Å². The van der Waals surface area contributed by atoms with E-state index in [2.05, 4.69) is 10.3 Å². The summed E-state index contributed by atoms with van der Waals surface area (Å²) in [6, 6.07) is 14.1. The number of carbonyl (C=O) groups is 2. The summed E-state index contributed by atoms with van der Waals surface area (Å²) in [5.74, 6) is 0.468. The largest absolute Gasteiger partial charge is 0.487 e. The second-order valence-electron chi connectivity index (χ2n) is 6.41. The predicted molar refractivity (Wildman–Crippen MR) is 117 cm³/mol. The lowest BCUT2D eigenvalue weighted by atomic mass is 10.2. The zero-order valence-corrected chi connectivity index (χ0v) is 18.0. The molecule has 0 aliphatic carbocycles. The van der Waals surface area contributed by atoms with E-state index >= 15 is 0 Å². The Kier molecular flexibility index (Phi) is 6.90. The van der Waals surface area contributed by atoms with E-state index in [0.717, 1.165) is 27.4 Å². The van der Waals surface area contributed by atoms with E-state index in [-0.39, 0.29) is 11.1 Å². The predicted octanol–water partition coefficient (Wildman–Crippen LogP) is 5.06. The van der Waals surface area contributed by atoms with Crippen LogP contribution in [0.25, 0.3) is 0 Å². The molecule has 1 heterocycles. The van der Waals surface area contributed by atoms with Crippen LogP contribution in [-0.2, 0) is 6.61 Å². The maximum absolute atomic E-state index is 12.4. The van der Waals surface area contributed by atoms with Gasteiger partial charge >= 0.3 is 0 Å². The SMILES string of the molecule is Cc1nc(COc2ccc(C(=O)Nc3ccc(SC(=O)N(C)C)cc3)cc2)cs1. The summed E-state index contributed by atoms with van der Waals surface area (Å²) in [5.41, 5.74) is 2.09. The lowest BCUT2D eigenvalue weighted by Crippen LogP contribution is -2.16. The molecule has 0 saturated heterocycles. The topological polar surface area (TPSA) is 71.5 Å². The number of hydrogen-bond acceptors (Lipinski definition) is 6. The van der Waals surface area contributed by atoms with Crippen LogP contribution in [-0.4, -0.2) is 35.1 Å². The number of aryl methyl sites for hydroxylation is 1.